The summed E-state index contributed by atoms with van der Waals surface area (Å²) in [4.78, 5) is 35.4. The molecule has 0 aromatic heterocycles. The maximum absolute atomic E-state index is 12.0. The number of carbonyl (C=O) groups is 3. The second kappa shape index (κ2) is 7.09. The molecule has 3 N–H and O–H groups in total. The molecule has 2 atom stereocenters. The van der Waals surface area contributed by atoms with Gasteiger partial charge < -0.3 is 20.5 Å². The van der Waals surface area contributed by atoms with Crippen LogP contribution in [0.25, 0.3) is 0 Å². The number of rotatable bonds is 6. The molecule has 7 nitrogen and oxygen atoms in total. The van der Waals surface area contributed by atoms with Crippen molar-refractivity contribution in [3.8, 4) is 0 Å². The lowest BCUT2D eigenvalue weighted by molar-refractivity contribution is -0.147. The Bertz CT molecular complexity index is 439. The lowest BCUT2D eigenvalue weighted by Crippen LogP contribution is -2.56. The van der Waals surface area contributed by atoms with E-state index in [1.807, 2.05) is 0 Å². The summed E-state index contributed by atoms with van der Waals surface area (Å²) in [7, 11) is 0. The summed E-state index contributed by atoms with van der Waals surface area (Å²) in [5.74, 6) is -1.41. The fourth-order valence-corrected chi connectivity index (χ4v) is 3.08. The first-order valence-electron chi connectivity index (χ1n) is 7.85. The highest BCUT2D eigenvalue weighted by Crippen LogP contribution is 2.25. The third-order valence-corrected chi connectivity index (χ3v) is 4.42. The molecule has 2 fully saturated rings. The zero-order valence-electron chi connectivity index (χ0n) is 12.9. The number of hydrogen-bond acceptors (Lipinski definition) is 4. The molecule has 2 unspecified atom stereocenters. The number of carbonyl (C=O) groups excluding carboxylic acids is 2. The van der Waals surface area contributed by atoms with E-state index in [0.29, 0.717) is 6.61 Å². The summed E-state index contributed by atoms with van der Waals surface area (Å²) >= 11 is 0. The number of hydrogen-bond donors (Lipinski definition) is 3. The number of carboxylic acids is 1. The van der Waals surface area contributed by atoms with Gasteiger partial charge in [-0.15, -0.1) is 0 Å². The molecule has 0 bridgehead atoms. The maximum Gasteiger partial charge on any atom is 0.331 e. The summed E-state index contributed by atoms with van der Waals surface area (Å²) in [6.07, 6.45) is 4.29. The molecule has 7 heteroatoms. The normalized spacial score (nSPS) is 26.6. The average molecular weight is 312 g/mol. The van der Waals surface area contributed by atoms with Gasteiger partial charge in [0.2, 0.25) is 11.8 Å². The van der Waals surface area contributed by atoms with Crippen LogP contribution < -0.4 is 10.6 Å². The third kappa shape index (κ3) is 3.97. The van der Waals surface area contributed by atoms with E-state index >= 15 is 0 Å². The van der Waals surface area contributed by atoms with Crippen molar-refractivity contribution in [1.29, 1.82) is 0 Å². The van der Waals surface area contributed by atoms with Crippen LogP contribution in [0.4, 0.5) is 0 Å². The Morgan fingerprint density at radius 1 is 1.32 bits per heavy atom. The molecule has 124 valence electrons. The second-order valence-corrected chi connectivity index (χ2v) is 6.33. The predicted octanol–water partition coefficient (Wildman–Crippen LogP) is 0.431. The van der Waals surface area contributed by atoms with Crippen LogP contribution in [-0.2, 0) is 19.1 Å². The van der Waals surface area contributed by atoms with E-state index in [0.717, 1.165) is 25.7 Å². The van der Waals surface area contributed by atoms with E-state index in [9.17, 15) is 19.5 Å². The highest BCUT2D eigenvalue weighted by Gasteiger charge is 2.44. The van der Waals surface area contributed by atoms with E-state index in [1.165, 1.54) is 0 Å². The van der Waals surface area contributed by atoms with Crippen LogP contribution >= 0.6 is 0 Å². The minimum Gasteiger partial charge on any atom is -0.479 e. The third-order valence-electron chi connectivity index (χ3n) is 4.42. The summed E-state index contributed by atoms with van der Waals surface area (Å²) in [6, 6.07) is -0.318. The van der Waals surface area contributed by atoms with Gasteiger partial charge in [-0.25, -0.2) is 4.79 Å². The van der Waals surface area contributed by atoms with Crippen LogP contribution in [0, 0.1) is 5.92 Å². The van der Waals surface area contributed by atoms with E-state index in [4.69, 9.17) is 4.74 Å². The molecule has 2 aliphatic rings. The maximum atomic E-state index is 12.0. The Morgan fingerprint density at radius 2 is 2.00 bits per heavy atom. The minimum absolute atomic E-state index is 0.00468. The first-order chi connectivity index (χ1) is 10.4. The molecule has 1 heterocycles. The largest absolute Gasteiger partial charge is 0.479 e. The van der Waals surface area contributed by atoms with Crippen molar-refractivity contribution < 1.29 is 24.2 Å². The molecule has 1 saturated carbocycles. The highest BCUT2D eigenvalue weighted by atomic mass is 16.5. The molecule has 2 amide bonds. The number of nitrogens with one attached hydrogen (secondary N) is 2. The van der Waals surface area contributed by atoms with E-state index in [2.05, 4.69) is 10.6 Å². The molecule has 2 rings (SSSR count). The fourth-order valence-electron chi connectivity index (χ4n) is 3.08. The van der Waals surface area contributed by atoms with Crippen molar-refractivity contribution in [2.45, 2.75) is 57.0 Å². The van der Waals surface area contributed by atoms with Crippen molar-refractivity contribution in [3.05, 3.63) is 0 Å². The van der Waals surface area contributed by atoms with Crippen LogP contribution in [0.1, 0.15) is 45.4 Å². The van der Waals surface area contributed by atoms with Gasteiger partial charge in [0.05, 0.1) is 6.61 Å². The Morgan fingerprint density at radius 3 is 2.55 bits per heavy atom. The highest BCUT2D eigenvalue weighted by molar-refractivity contribution is 5.88. The number of amides is 2. The summed E-state index contributed by atoms with van der Waals surface area (Å²) < 4.78 is 5.09. The summed E-state index contributed by atoms with van der Waals surface area (Å²) in [6.45, 7) is 2.06. The number of aliphatic carboxylic acids is 1. The van der Waals surface area contributed by atoms with Crippen molar-refractivity contribution in [3.63, 3.8) is 0 Å². The molecule has 1 aliphatic carbocycles. The standard InChI is InChI=1S/C15H24N2O5/c1-10(16-13(19)11-4-2-3-5-11)8-12(18)17-15(14(20)21)6-7-22-9-15/h10-11H,2-9H2,1H3,(H,16,19)(H,17,18)(H,20,21). The van der Waals surface area contributed by atoms with Gasteiger partial charge in [-0.05, 0) is 19.8 Å². The van der Waals surface area contributed by atoms with Crippen LogP contribution in [0.15, 0.2) is 0 Å². The monoisotopic (exact) mass is 312 g/mol. The van der Waals surface area contributed by atoms with E-state index < -0.39 is 11.5 Å². The predicted molar refractivity (Wildman–Crippen MR) is 78.1 cm³/mol. The van der Waals surface area contributed by atoms with Gasteiger partial charge in [0.1, 0.15) is 0 Å². The molecular weight excluding hydrogens is 288 g/mol. The Hall–Kier alpha value is -1.63. The molecule has 0 radical (unpaired) electrons. The molecule has 0 aromatic carbocycles. The van der Waals surface area contributed by atoms with Gasteiger partial charge in [0, 0.05) is 31.4 Å². The van der Waals surface area contributed by atoms with Gasteiger partial charge in [-0.2, -0.15) is 0 Å². The topological polar surface area (TPSA) is 105 Å². The zero-order chi connectivity index (χ0) is 16.2. The molecule has 1 aliphatic heterocycles. The SMILES string of the molecule is CC(CC(=O)NC1(C(=O)O)CCOC1)NC(=O)C1CCCC1. The lowest BCUT2D eigenvalue weighted by Gasteiger charge is -2.25. The average Bonchev–Trinajstić information content (AvgIpc) is 3.09. The minimum atomic E-state index is -1.33. The summed E-state index contributed by atoms with van der Waals surface area (Å²) in [5.41, 5.74) is -1.33. The van der Waals surface area contributed by atoms with Gasteiger partial charge in [-0.3, -0.25) is 9.59 Å². The van der Waals surface area contributed by atoms with Crippen molar-refractivity contribution in [1.82, 2.24) is 10.6 Å². The van der Waals surface area contributed by atoms with Crippen LogP contribution in [-0.4, -0.2) is 47.7 Å². The van der Waals surface area contributed by atoms with Crippen LogP contribution in [0.3, 0.4) is 0 Å². The molecular formula is C15H24N2O5. The molecule has 1 saturated heterocycles. The van der Waals surface area contributed by atoms with Gasteiger partial charge in [0.25, 0.3) is 0 Å². The lowest BCUT2D eigenvalue weighted by atomic mass is 9.98. The van der Waals surface area contributed by atoms with Gasteiger partial charge in [-0.1, -0.05) is 12.8 Å². The first-order valence-corrected chi connectivity index (χ1v) is 7.85. The number of carboxylic acid groups (broad SMARTS) is 1. The van der Waals surface area contributed by atoms with Crippen molar-refractivity contribution >= 4 is 17.8 Å². The van der Waals surface area contributed by atoms with Gasteiger partial charge >= 0.3 is 5.97 Å². The molecule has 0 aromatic rings. The second-order valence-electron chi connectivity index (χ2n) is 6.33. The Kier molecular flexibility index (Phi) is 5.39. The van der Waals surface area contributed by atoms with Crippen molar-refractivity contribution in [2.75, 3.05) is 13.2 Å². The Labute approximate surface area is 129 Å². The van der Waals surface area contributed by atoms with E-state index in [1.54, 1.807) is 6.92 Å². The number of ether oxygens (including phenoxy) is 1. The fraction of sp³-hybridized carbons (Fsp3) is 0.800. The van der Waals surface area contributed by atoms with Gasteiger partial charge in [0.15, 0.2) is 5.54 Å². The molecule has 22 heavy (non-hydrogen) atoms. The van der Waals surface area contributed by atoms with Crippen molar-refractivity contribution in [2.24, 2.45) is 5.92 Å². The molecule has 0 spiro atoms. The van der Waals surface area contributed by atoms with E-state index in [-0.39, 0.29) is 43.2 Å². The smallest absolute Gasteiger partial charge is 0.331 e. The quantitative estimate of drug-likeness (QED) is 0.660. The first kappa shape index (κ1) is 16.7. The van der Waals surface area contributed by atoms with Crippen LogP contribution in [0.5, 0.6) is 0 Å². The Balaban J connectivity index is 1.80. The summed E-state index contributed by atoms with van der Waals surface area (Å²) in [5, 5.41) is 14.7. The zero-order valence-corrected chi connectivity index (χ0v) is 12.9. The van der Waals surface area contributed by atoms with Crippen LogP contribution in [0.2, 0.25) is 0 Å².